The molecule has 0 amide bonds. The van der Waals surface area contributed by atoms with Gasteiger partial charge in [-0.15, -0.1) is 0 Å². The molecule has 0 aliphatic heterocycles. The van der Waals surface area contributed by atoms with Crippen molar-refractivity contribution in [3.63, 3.8) is 0 Å². The van der Waals surface area contributed by atoms with Crippen molar-refractivity contribution in [2.75, 3.05) is 11.5 Å². The number of nitrogens with two attached hydrogens (primary N) is 2. The van der Waals surface area contributed by atoms with E-state index in [0.717, 1.165) is 6.07 Å². The first-order chi connectivity index (χ1) is 11.9. The molecular formula is C17H16F3N5. The van der Waals surface area contributed by atoms with Crippen molar-refractivity contribution < 1.29 is 13.2 Å². The zero-order valence-electron chi connectivity index (χ0n) is 13.1. The number of alkyl halides is 2. The Morgan fingerprint density at radius 3 is 2.40 bits per heavy atom. The molecule has 2 heterocycles. The van der Waals surface area contributed by atoms with Crippen LogP contribution in [0.5, 0.6) is 0 Å². The number of hydrogen-bond acceptors (Lipinski definition) is 4. The lowest BCUT2D eigenvalue weighted by atomic mass is 9.85. The van der Waals surface area contributed by atoms with Crippen LogP contribution in [0.3, 0.4) is 0 Å². The highest BCUT2D eigenvalue weighted by atomic mass is 19.3. The smallest absolute Gasteiger partial charge is 0.296 e. The van der Waals surface area contributed by atoms with Crippen molar-refractivity contribution >= 4 is 11.6 Å². The zero-order chi connectivity index (χ0) is 18.0. The van der Waals surface area contributed by atoms with Crippen LogP contribution in [0, 0.1) is 5.82 Å². The summed E-state index contributed by atoms with van der Waals surface area (Å²) < 4.78 is 44.7. The predicted molar refractivity (Wildman–Crippen MR) is 88.4 cm³/mol. The first-order valence-electron chi connectivity index (χ1n) is 7.53. The summed E-state index contributed by atoms with van der Waals surface area (Å²) in [5.41, 5.74) is 11.1. The van der Waals surface area contributed by atoms with E-state index in [4.69, 9.17) is 11.5 Å². The number of benzene rings is 1. The van der Waals surface area contributed by atoms with Crippen molar-refractivity contribution in [3.8, 4) is 0 Å². The number of aromatic amines is 1. The summed E-state index contributed by atoms with van der Waals surface area (Å²) in [6.07, 6.45) is 0.973. The molecule has 3 aromatic rings. The highest BCUT2D eigenvalue weighted by molar-refractivity contribution is 5.54. The molecule has 1 aromatic carbocycles. The zero-order valence-corrected chi connectivity index (χ0v) is 13.1. The van der Waals surface area contributed by atoms with Crippen LogP contribution in [0.15, 0.2) is 48.7 Å². The average molecular weight is 347 g/mol. The summed E-state index contributed by atoms with van der Waals surface area (Å²) in [6, 6.07) is 9.59. The standard InChI is InChI=1S/C17H16F3N5/c18-13-6-2-1-5-10(13)12(9-11-15(21)24-25-16(11)22)17(19,20)14-7-3-4-8-23-14/h1-8,12H,9H2,(H5,21,22,24,25). The molecule has 5 nitrogen and oxygen atoms in total. The Morgan fingerprint density at radius 1 is 1.08 bits per heavy atom. The maximum Gasteiger partial charge on any atom is 0.296 e. The number of nitrogens with one attached hydrogen (secondary N) is 1. The van der Waals surface area contributed by atoms with Crippen molar-refractivity contribution in [2.24, 2.45) is 0 Å². The number of aromatic nitrogens is 3. The molecule has 25 heavy (non-hydrogen) atoms. The van der Waals surface area contributed by atoms with Crippen molar-refractivity contribution in [2.45, 2.75) is 18.3 Å². The van der Waals surface area contributed by atoms with E-state index in [1.165, 1.54) is 42.6 Å². The largest absolute Gasteiger partial charge is 0.384 e. The van der Waals surface area contributed by atoms with Crippen molar-refractivity contribution in [1.82, 2.24) is 15.2 Å². The molecule has 0 radical (unpaired) electrons. The van der Waals surface area contributed by atoms with E-state index in [9.17, 15) is 4.39 Å². The number of nitrogen functional groups attached to an aromatic ring is 2. The van der Waals surface area contributed by atoms with Crippen LogP contribution in [-0.2, 0) is 12.3 Å². The Hall–Kier alpha value is -3.03. The van der Waals surface area contributed by atoms with E-state index in [-0.39, 0.29) is 29.2 Å². The number of anilines is 2. The molecule has 0 aliphatic carbocycles. The number of pyridine rings is 1. The first-order valence-corrected chi connectivity index (χ1v) is 7.53. The van der Waals surface area contributed by atoms with Gasteiger partial charge < -0.3 is 11.5 Å². The molecule has 8 heteroatoms. The van der Waals surface area contributed by atoms with Gasteiger partial charge in [0.05, 0.1) is 5.92 Å². The van der Waals surface area contributed by atoms with Gasteiger partial charge in [-0.2, -0.15) is 13.9 Å². The lowest BCUT2D eigenvalue weighted by Gasteiger charge is -2.27. The van der Waals surface area contributed by atoms with Gasteiger partial charge in [0.2, 0.25) is 0 Å². The Morgan fingerprint density at radius 2 is 1.80 bits per heavy atom. The van der Waals surface area contributed by atoms with Gasteiger partial charge in [0.1, 0.15) is 17.3 Å². The first kappa shape index (κ1) is 16.8. The topological polar surface area (TPSA) is 93.6 Å². The maximum atomic E-state index is 15.2. The number of hydrogen-bond donors (Lipinski definition) is 3. The molecular weight excluding hydrogens is 331 g/mol. The lowest BCUT2D eigenvalue weighted by molar-refractivity contribution is -0.0392. The highest BCUT2D eigenvalue weighted by Gasteiger charge is 2.45. The van der Waals surface area contributed by atoms with Crippen LogP contribution < -0.4 is 11.5 Å². The van der Waals surface area contributed by atoms with Crippen LogP contribution in [-0.4, -0.2) is 15.2 Å². The van der Waals surface area contributed by atoms with Crippen LogP contribution in [0.2, 0.25) is 0 Å². The number of nitrogens with zero attached hydrogens (tertiary/aromatic N) is 2. The summed E-state index contributed by atoms with van der Waals surface area (Å²) in [7, 11) is 0. The molecule has 2 aromatic heterocycles. The van der Waals surface area contributed by atoms with Gasteiger partial charge in [-0.25, -0.2) is 4.39 Å². The Bertz CT molecular complexity index is 844. The monoisotopic (exact) mass is 347 g/mol. The molecule has 5 N–H and O–H groups in total. The third-order valence-electron chi connectivity index (χ3n) is 4.06. The van der Waals surface area contributed by atoms with E-state index < -0.39 is 23.4 Å². The van der Waals surface area contributed by atoms with Crippen LogP contribution in [0.1, 0.15) is 22.7 Å². The molecule has 0 aliphatic rings. The minimum atomic E-state index is -3.44. The molecule has 3 rings (SSSR count). The van der Waals surface area contributed by atoms with Crippen molar-refractivity contribution in [1.29, 1.82) is 0 Å². The normalized spacial score (nSPS) is 12.9. The highest BCUT2D eigenvalue weighted by Crippen LogP contribution is 2.45. The summed E-state index contributed by atoms with van der Waals surface area (Å²) >= 11 is 0. The second kappa shape index (κ2) is 6.46. The summed E-state index contributed by atoms with van der Waals surface area (Å²) in [6.45, 7) is 0. The van der Waals surface area contributed by atoms with E-state index in [0.29, 0.717) is 0 Å². The third-order valence-corrected chi connectivity index (χ3v) is 4.06. The Kier molecular flexibility index (Phi) is 4.35. The van der Waals surface area contributed by atoms with Gasteiger partial charge in [0.15, 0.2) is 5.82 Å². The quantitative estimate of drug-likeness (QED) is 0.660. The van der Waals surface area contributed by atoms with Gasteiger partial charge in [-0.05, 0) is 30.2 Å². The van der Waals surface area contributed by atoms with E-state index in [1.54, 1.807) is 0 Å². The fourth-order valence-electron chi connectivity index (χ4n) is 2.74. The lowest BCUT2D eigenvalue weighted by Crippen LogP contribution is -2.28. The Balaban J connectivity index is 2.11. The molecule has 0 bridgehead atoms. The second-order valence-electron chi connectivity index (χ2n) is 5.62. The van der Waals surface area contributed by atoms with Gasteiger partial charge >= 0.3 is 0 Å². The molecule has 130 valence electrons. The van der Waals surface area contributed by atoms with E-state index in [1.807, 2.05) is 0 Å². The minimum Gasteiger partial charge on any atom is -0.384 e. The molecule has 0 spiro atoms. The minimum absolute atomic E-state index is 0.00987. The fraction of sp³-hybridized carbons (Fsp3) is 0.176. The summed E-state index contributed by atoms with van der Waals surface area (Å²) in [5.74, 6) is -5.64. The van der Waals surface area contributed by atoms with Crippen LogP contribution in [0.25, 0.3) is 0 Å². The predicted octanol–water partition coefficient (Wildman–Crippen LogP) is 3.23. The third kappa shape index (κ3) is 3.15. The van der Waals surface area contributed by atoms with Gasteiger partial charge in [-0.3, -0.25) is 10.1 Å². The average Bonchev–Trinajstić information content (AvgIpc) is 2.92. The van der Waals surface area contributed by atoms with Crippen LogP contribution in [0.4, 0.5) is 24.8 Å². The molecule has 0 fully saturated rings. The summed E-state index contributed by atoms with van der Waals surface area (Å²) in [5, 5.41) is 6.16. The van der Waals surface area contributed by atoms with Crippen molar-refractivity contribution in [3.05, 3.63) is 71.3 Å². The summed E-state index contributed by atoms with van der Waals surface area (Å²) in [4.78, 5) is 3.74. The molecule has 1 unspecified atom stereocenters. The maximum absolute atomic E-state index is 15.2. The molecule has 0 saturated heterocycles. The second-order valence-corrected chi connectivity index (χ2v) is 5.62. The molecule has 0 saturated carbocycles. The number of rotatable bonds is 5. The SMILES string of the molecule is Nc1n[nH]c(N)c1CC(c1ccccc1F)C(F)(F)c1ccccn1. The fourth-order valence-corrected chi connectivity index (χ4v) is 2.74. The van der Waals surface area contributed by atoms with Gasteiger partial charge in [-0.1, -0.05) is 24.3 Å². The van der Waals surface area contributed by atoms with E-state index in [2.05, 4.69) is 15.2 Å². The van der Waals surface area contributed by atoms with Gasteiger partial charge in [0, 0.05) is 11.8 Å². The Labute approximate surface area is 141 Å². The van der Waals surface area contributed by atoms with E-state index >= 15 is 8.78 Å². The van der Waals surface area contributed by atoms with Gasteiger partial charge in [0.25, 0.3) is 5.92 Å². The number of halogens is 3. The van der Waals surface area contributed by atoms with Crippen LogP contribution >= 0.6 is 0 Å². The molecule has 1 atom stereocenters. The number of H-pyrrole nitrogens is 1.